The van der Waals surface area contributed by atoms with Crippen molar-refractivity contribution in [2.45, 2.75) is 24.4 Å². The highest BCUT2D eigenvalue weighted by molar-refractivity contribution is 7.89. The fraction of sp³-hybridized carbons (Fsp3) is 0.375. The molecule has 184 valence electrons. The van der Waals surface area contributed by atoms with Crippen LogP contribution in [0, 0.1) is 0 Å². The van der Waals surface area contributed by atoms with Gasteiger partial charge in [0.25, 0.3) is 0 Å². The van der Waals surface area contributed by atoms with Gasteiger partial charge in [0.15, 0.2) is 0 Å². The van der Waals surface area contributed by atoms with E-state index in [-0.39, 0.29) is 30.4 Å². The van der Waals surface area contributed by atoms with E-state index in [9.17, 15) is 13.2 Å². The molecule has 0 unspecified atom stereocenters. The molecule has 10 heteroatoms. The third-order valence-electron chi connectivity index (χ3n) is 5.45. The average molecular weight is 490 g/mol. The highest BCUT2D eigenvalue weighted by Gasteiger charge is 2.29. The summed E-state index contributed by atoms with van der Waals surface area (Å²) in [6.07, 6.45) is 3.90. The molecular weight excluding hydrogens is 458 g/mol. The fourth-order valence-electron chi connectivity index (χ4n) is 3.50. The van der Waals surface area contributed by atoms with Crippen LogP contribution in [0.1, 0.15) is 17.9 Å². The predicted octanol–water partition coefficient (Wildman–Crippen LogP) is 2.88. The SMILES string of the molecule is COCCCN(CC(=O)N(Cc1ccco1)Cc1cccn1C)S(=O)(=O)c1ccc(OC)cc1. The molecule has 0 radical (unpaired) electrons. The Morgan fingerprint density at radius 1 is 1.06 bits per heavy atom. The molecule has 3 aromatic rings. The number of furan rings is 1. The van der Waals surface area contributed by atoms with E-state index in [1.165, 1.54) is 23.5 Å². The lowest BCUT2D eigenvalue weighted by atomic mass is 10.3. The van der Waals surface area contributed by atoms with Crippen molar-refractivity contribution < 1.29 is 27.1 Å². The lowest BCUT2D eigenvalue weighted by Crippen LogP contribution is -2.43. The molecule has 0 spiro atoms. The highest BCUT2D eigenvalue weighted by Crippen LogP contribution is 2.21. The number of carbonyl (C=O) groups excluding carboxylic acids is 1. The van der Waals surface area contributed by atoms with E-state index in [0.717, 1.165) is 5.69 Å². The smallest absolute Gasteiger partial charge is 0.243 e. The average Bonchev–Trinajstić information content (AvgIpc) is 3.49. The summed E-state index contributed by atoms with van der Waals surface area (Å²) in [6.45, 7) is 0.765. The molecule has 1 aromatic carbocycles. The summed E-state index contributed by atoms with van der Waals surface area (Å²) in [5, 5.41) is 0. The summed E-state index contributed by atoms with van der Waals surface area (Å²) < 4.78 is 45.6. The van der Waals surface area contributed by atoms with Crippen molar-refractivity contribution in [2.75, 3.05) is 33.9 Å². The number of benzene rings is 1. The van der Waals surface area contributed by atoms with Gasteiger partial charge in [-0.15, -0.1) is 0 Å². The van der Waals surface area contributed by atoms with Crippen molar-refractivity contribution in [1.82, 2.24) is 13.8 Å². The molecule has 0 aliphatic heterocycles. The number of hydrogen-bond acceptors (Lipinski definition) is 6. The van der Waals surface area contributed by atoms with Gasteiger partial charge in [-0.05, 0) is 55.0 Å². The second kappa shape index (κ2) is 11.9. The second-order valence-corrected chi connectivity index (χ2v) is 9.74. The van der Waals surface area contributed by atoms with Gasteiger partial charge in [-0.25, -0.2) is 8.42 Å². The van der Waals surface area contributed by atoms with E-state index in [2.05, 4.69) is 0 Å². The van der Waals surface area contributed by atoms with Crippen molar-refractivity contribution in [3.05, 3.63) is 72.4 Å². The molecule has 0 saturated carbocycles. The maximum absolute atomic E-state index is 13.4. The number of sulfonamides is 1. The number of aromatic nitrogens is 1. The first-order valence-electron chi connectivity index (χ1n) is 10.9. The van der Waals surface area contributed by atoms with E-state index in [0.29, 0.717) is 31.1 Å². The molecule has 9 nitrogen and oxygen atoms in total. The van der Waals surface area contributed by atoms with Crippen LogP contribution >= 0.6 is 0 Å². The first kappa shape index (κ1) is 25.5. The predicted molar refractivity (Wildman–Crippen MR) is 127 cm³/mol. The van der Waals surface area contributed by atoms with Gasteiger partial charge < -0.3 is 23.4 Å². The van der Waals surface area contributed by atoms with Crippen LogP contribution in [0.5, 0.6) is 5.75 Å². The highest BCUT2D eigenvalue weighted by atomic mass is 32.2. The van der Waals surface area contributed by atoms with Crippen molar-refractivity contribution in [3.63, 3.8) is 0 Å². The largest absolute Gasteiger partial charge is 0.497 e. The molecule has 3 rings (SSSR count). The van der Waals surface area contributed by atoms with E-state index in [1.807, 2.05) is 29.9 Å². The molecule has 34 heavy (non-hydrogen) atoms. The van der Waals surface area contributed by atoms with Gasteiger partial charge >= 0.3 is 0 Å². The Bertz CT molecular complexity index is 1140. The summed E-state index contributed by atoms with van der Waals surface area (Å²) >= 11 is 0. The Labute approximate surface area is 200 Å². The quantitative estimate of drug-likeness (QED) is 0.343. The second-order valence-electron chi connectivity index (χ2n) is 7.80. The number of amides is 1. The zero-order chi connectivity index (χ0) is 24.6. The van der Waals surface area contributed by atoms with Crippen molar-refractivity contribution in [1.29, 1.82) is 0 Å². The number of hydrogen-bond donors (Lipinski definition) is 0. The van der Waals surface area contributed by atoms with Crippen LogP contribution in [-0.2, 0) is 39.7 Å². The van der Waals surface area contributed by atoms with Gasteiger partial charge in [0.2, 0.25) is 15.9 Å². The summed E-state index contributed by atoms with van der Waals surface area (Å²) in [5.74, 6) is 0.840. The Balaban J connectivity index is 1.85. The molecule has 2 aromatic heterocycles. The van der Waals surface area contributed by atoms with Crippen LogP contribution in [-0.4, -0.2) is 62.0 Å². The van der Waals surface area contributed by atoms with Crippen molar-refractivity contribution in [2.24, 2.45) is 7.05 Å². The number of nitrogens with zero attached hydrogens (tertiary/aromatic N) is 3. The molecule has 0 bridgehead atoms. The Kier molecular flexibility index (Phi) is 8.91. The third kappa shape index (κ3) is 6.49. The van der Waals surface area contributed by atoms with Crippen LogP contribution in [0.4, 0.5) is 0 Å². The van der Waals surface area contributed by atoms with Gasteiger partial charge in [0.1, 0.15) is 11.5 Å². The summed E-state index contributed by atoms with van der Waals surface area (Å²) in [6, 6.07) is 13.5. The zero-order valence-electron chi connectivity index (χ0n) is 19.7. The molecule has 1 amide bonds. The molecule has 0 atom stereocenters. The number of aryl methyl sites for hydroxylation is 1. The summed E-state index contributed by atoms with van der Waals surface area (Å²) in [7, 11) is 1.05. The Hall–Kier alpha value is -3.08. The zero-order valence-corrected chi connectivity index (χ0v) is 20.5. The Morgan fingerprint density at radius 3 is 2.41 bits per heavy atom. The first-order valence-corrected chi connectivity index (χ1v) is 12.3. The van der Waals surface area contributed by atoms with Crippen LogP contribution < -0.4 is 4.74 Å². The number of methoxy groups -OCH3 is 2. The molecule has 0 saturated heterocycles. The van der Waals surface area contributed by atoms with Crippen molar-refractivity contribution in [3.8, 4) is 5.75 Å². The molecule has 0 aliphatic carbocycles. The van der Waals surface area contributed by atoms with E-state index >= 15 is 0 Å². The van der Waals surface area contributed by atoms with Gasteiger partial charge in [-0.1, -0.05) is 0 Å². The van der Waals surface area contributed by atoms with Crippen LogP contribution in [0.3, 0.4) is 0 Å². The normalized spacial score (nSPS) is 11.6. The van der Waals surface area contributed by atoms with Gasteiger partial charge in [-0.2, -0.15) is 4.31 Å². The monoisotopic (exact) mass is 489 g/mol. The molecule has 0 N–H and O–H groups in total. The van der Waals surface area contributed by atoms with Crippen molar-refractivity contribution >= 4 is 15.9 Å². The van der Waals surface area contributed by atoms with Crippen LogP contribution in [0.15, 0.2) is 70.3 Å². The maximum atomic E-state index is 13.4. The summed E-state index contributed by atoms with van der Waals surface area (Å²) in [5.41, 5.74) is 0.920. The van der Waals surface area contributed by atoms with Crippen LogP contribution in [0.2, 0.25) is 0 Å². The Morgan fingerprint density at radius 2 is 1.82 bits per heavy atom. The topological polar surface area (TPSA) is 94.2 Å². The van der Waals surface area contributed by atoms with Gasteiger partial charge in [0.05, 0.1) is 37.9 Å². The lowest BCUT2D eigenvalue weighted by Gasteiger charge is -2.27. The summed E-state index contributed by atoms with van der Waals surface area (Å²) in [4.78, 5) is 15.1. The van der Waals surface area contributed by atoms with Gasteiger partial charge in [-0.3, -0.25) is 4.79 Å². The van der Waals surface area contributed by atoms with E-state index in [4.69, 9.17) is 13.9 Å². The lowest BCUT2D eigenvalue weighted by molar-refractivity contribution is -0.133. The molecule has 2 heterocycles. The van der Waals surface area contributed by atoms with Crippen LogP contribution in [0.25, 0.3) is 0 Å². The number of carbonyl (C=O) groups is 1. The molecular formula is C24H31N3O6S. The third-order valence-corrected chi connectivity index (χ3v) is 7.31. The van der Waals surface area contributed by atoms with E-state index < -0.39 is 10.0 Å². The minimum atomic E-state index is -3.92. The minimum absolute atomic E-state index is 0.0959. The standard InChI is InChI=1S/C24H31N3O6S/c1-25-13-4-7-20(25)17-26(18-22-8-5-16-33-22)24(28)19-27(14-6-15-31-2)34(29,30)23-11-9-21(32-3)10-12-23/h4-5,7-13,16H,6,14-15,17-19H2,1-3H3. The number of ether oxygens (including phenoxy) is 2. The fourth-order valence-corrected chi connectivity index (χ4v) is 4.92. The van der Waals surface area contributed by atoms with Gasteiger partial charge in [0, 0.05) is 39.2 Å². The maximum Gasteiger partial charge on any atom is 0.243 e. The minimum Gasteiger partial charge on any atom is -0.497 e. The molecule has 0 aliphatic rings. The first-order chi connectivity index (χ1) is 16.3. The van der Waals surface area contributed by atoms with E-state index in [1.54, 1.807) is 42.5 Å². The molecule has 0 fully saturated rings. The number of rotatable bonds is 13.